The standard InChI is InChI=1S/C51H79N3O14/c1-15-38-51(10,60)43(57)32(6)46(58)53-28(2)25-49(8,61-13)44(68-48-41(56)37(54(11)12)23-29(3)63-48)30(4)42(31(5)47(59)65-38)67-40-26-50(9,62-14)45(33(7)64-40)66-39(55)22-18-19-34-24-35-20-16-17-21-36(35)52-27-34/h16-21,24,27-33,37-38,40-45,48,56-57,60H,15,22-23,25-26H2,1-14H3,(H,53,58)/b19-18+/t28-,29-,30+,31-,32+,33+,37+,38+,40+,41-,42-,43-,44-,45+,48+,49+,50-,51-/m1/s1. The van der Waals surface area contributed by atoms with E-state index in [0.717, 1.165) is 16.5 Å². The zero-order valence-electron chi connectivity index (χ0n) is 42.5. The van der Waals surface area contributed by atoms with Gasteiger partial charge in [-0.2, -0.15) is 0 Å². The van der Waals surface area contributed by atoms with Gasteiger partial charge in [-0.3, -0.25) is 19.4 Å². The molecule has 1 aromatic carbocycles. The molecule has 0 unspecified atom stereocenters. The number of aromatic nitrogens is 1. The summed E-state index contributed by atoms with van der Waals surface area (Å²) in [5.41, 5.74) is -2.71. The summed E-state index contributed by atoms with van der Waals surface area (Å²) >= 11 is 0. The molecular weight excluding hydrogens is 879 g/mol. The second-order valence-corrected chi connectivity index (χ2v) is 20.3. The lowest BCUT2D eigenvalue weighted by atomic mass is 9.78. The minimum absolute atomic E-state index is 0.0218. The first-order valence-corrected chi connectivity index (χ1v) is 24.1. The molecule has 18 atom stereocenters. The minimum Gasteiger partial charge on any atom is -0.459 e. The third-order valence-corrected chi connectivity index (χ3v) is 14.6. The number of nitrogens with zero attached hydrogens (tertiary/aromatic N) is 2. The van der Waals surface area contributed by atoms with Gasteiger partial charge in [-0.1, -0.05) is 51.1 Å². The van der Waals surface area contributed by atoms with Gasteiger partial charge in [0.05, 0.1) is 59.9 Å². The van der Waals surface area contributed by atoms with Crippen LogP contribution in [0.3, 0.4) is 0 Å². The van der Waals surface area contributed by atoms with Crippen LogP contribution in [0, 0.1) is 17.8 Å². The lowest BCUT2D eigenvalue weighted by Gasteiger charge is -2.50. The van der Waals surface area contributed by atoms with Gasteiger partial charge in [0.1, 0.15) is 23.4 Å². The monoisotopic (exact) mass is 958 g/mol. The number of nitrogens with one attached hydrogen (secondary N) is 1. The van der Waals surface area contributed by atoms with Gasteiger partial charge in [0, 0.05) is 50.2 Å². The molecule has 0 aliphatic carbocycles. The van der Waals surface area contributed by atoms with Gasteiger partial charge in [-0.05, 0) is 99.5 Å². The van der Waals surface area contributed by atoms with Crippen molar-refractivity contribution in [1.29, 1.82) is 0 Å². The van der Waals surface area contributed by atoms with Crippen LogP contribution in [0.15, 0.2) is 42.6 Å². The number of rotatable bonds is 12. The fourth-order valence-corrected chi connectivity index (χ4v) is 10.3. The Bertz CT molecular complexity index is 2040. The van der Waals surface area contributed by atoms with E-state index in [0.29, 0.717) is 6.42 Å². The van der Waals surface area contributed by atoms with Crippen molar-refractivity contribution in [1.82, 2.24) is 15.2 Å². The summed E-state index contributed by atoms with van der Waals surface area (Å²) in [5.74, 6) is -4.75. The van der Waals surface area contributed by atoms with Gasteiger partial charge >= 0.3 is 11.9 Å². The zero-order valence-corrected chi connectivity index (χ0v) is 42.5. The van der Waals surface area contributed by atoms with E-state index >= 15 is 0 Å². The van der Waals surface area contributed by atoms with E-state index in [9.17, 15) is 29.7 Å². The van der Waals surface area contributed by atoms with Crippen molar-refractivity contribution >= 4 is 34.8 Å². The molecule has 0 bridgehead atoms. The maximum atomic E-state index is 14.6. The summed E-state index contributed by atoms with van der Waals surface area (Å²) in [7, 11) is 6.79. The molecule has 3 aliphatic rings. The summed E-state index contributed by atoms with van der Waals surface area (Å²) in [6.45, 7) is 17.1. The highest BCUT2D eigenvalue weighted by Crippen LogP contribution is 2.41. The predicted molar refractivity (Wildman–Crippen MR) is 254 cm³/mol. The van der Waals surface area contributed by atoms with Crippen molar-refractivity contribution in [3.63, 3.8) is 0 Å². The Balaban J connectivity index is 1.49. The number of carbonyl (C=O) groups is 3. The number of pyridine rings is 1. The smallest absolute Gasteiger partial charge is 0.311 e. The molecule has 17 nitrogen and oxygen atoms in total. The number of aliphatic hydroxyl groups is 3. The summed E-state index contributed by atoms with van der Waals surface area (Å²) in [6, 6.07) is 8.88. The molecule has 1 amide bonds. The average molecular weight is 958 g/mol. The molecule has 0 spiro atoms. The summed E-state index contributed by atoms with van der Waals surface area (Å²) in [5, 5.41) is 39.0. The Morgan fingerprint density at radius 2 is 1.60 bits per heavy atom. The van der Waals surface area contributed by atoms with E-state index in [1.807, 2.05) is 83.1 Å². The Hall–Kier alpha value is -3.62. The molecule has 0 saturated carbocycles. The van der Waals surface area contributed by atoms with Gasteiger partial charge in [0.2, 0.25) is 5.91 Å². The second kappa shape index (κ2) is 23.1. The number of carbonyl (C=O) groups excluding carboxylic acids is 3. The summed E-state index contributed by atoms with van der Waals surface area (Å²) in [6.07, 6.45) is -3.98. The highest BCUT2D eigenvalue weighted by atomic mass is 16.7. The van der Waals surface area contributed by atoms with Crippen LogP contribution in [-0.4, -0.2) is 162 Å². The molecule has 3 aliphatic heterocycles. The number of hydrogen-bond donors (Lipinski definition) is 4. The van der Waals surface area contributed by atoms with E-state index in [2.05, 4.69) is 10.3 Å². The number of benzene rings is 1. The molecule has 0 radical (unpaired) electrons. The lowest BCUT2D eigenvalue weighted by Crippen LogP contribution is -2.61. The first kappa shape index (κ1) is 55.3. The molecule has 4 N–H and O–H groups in total. The van der Waals surface area contributed by atoms with Crippen molar-refractivity contribution in [2.75, 3.05) is 28.3 Å². The predicted octanol–water partition coefficient (Wildman–Crippen LogP) is 4.94. The average Bonchev–Trinajstić information content (AvgIpc) is 3.29. The maximum Gasteiger partial charge on any atom is 0.311 e. The number of fused-ring (bicyclic) bond motifs is 1. The number of hydrogen-bond acceptors (Lipinski definition) is 16. The fraction of sp³-hybridized carbons (Fsp3) is 0.725. The maximum absolute atomic E-state index is 14.6. The number of ether oxygens (including phenoxy) is 8. The molecule has 382 valence electrons. The highest BCUT2D eigenvalue weighted by molar-refractivity contribution is 5.81. The van der Waals surface area contributed by atoms with Gasteiger partial charge < -0.3 is 63.4 Å². The molecule has 68 heavy (non-hydrogen) atoms. The lowest BCUT2D eigenvalue weighted by molar-refractivity contribution is -0.319. The van der Waals surface area contributed by atoms with Crippen molar-refractivity contribution in [3.05, 3.63) is 48.2 Å². The summed E-state index contributed by atoms with van der Waals surface area (Å²) in [4.78, 5) is 48.1. The molecule has 5 rings (SSSR count). The van der Waals surface area contributed by atoms with Crippen LogP contribution in [-0.2, 0) is 52.3 Å². The Morgan fingerprint density at radius 3 is 2.25 bits per heavy atom. The topological polar surface area (TPSA) is 214 Å². The van der Waals surface area contributed by atoms with Crippen LogP contribution >= 0.6 is 0 Å². The molecular formula is C51H79N3O14. The number of aliphatic hydroxyl groups excluding tert-OH is 2. The number of cyclic esters (lactones) is 1. The van der Waals surface area contributed by atoms with E-state index in [1.165, 1.54) is 28.1 Å². The molecule has 2 aromatic rings. The Labute approximate surface area is 402 Å². The number of amides is 1. The first-order valence-electron chi connectivity index (χ1n) is 24.1. The number of methoxy groups -OCH3 is 2. The van der Waals surface area contributed by atoms with Crippen molar-refractivity contribution in [3.8, 4) is 0 Å². The number of para-hydroxylation sites is 1. The number of likely N-dealkylation sites (N-methyl/N-ethyl adjacent to an activating group) is 1. The van der Waals surface area contributed by atoms with Crippen molar-refractivity contribution in [2.45, 2.75) is 192 Å². The van der Waals surface area contributed by atoms with Crippen LogP contribution in [0.25, 0.3) is 17.0 Å². The second-order valence-electron chi connectivity index (χ2n) is 20.3. The van der Waals surface area contributed by atoms with Crippen LogP contribution in [0.2, 0.25) is 0 Å². The quantitative estimate of drug-likeness (QED) is 0.208. The molecule has 3 saturated heterocycles. The third kappa shape index (κ3) is 12.6. The van der Waals surface area contributed by atoms with Crippen molar-refractivity contribution in [2.24, 2.45) is 17.8 Å². The molecule has 17 heteroatoms. The highest BCUT2D eigenvalue weighted by Gasteiger charge is 2.54. The third-order valence-electron chi connectivity index (χ3n) is 14.6. The van der Waals surface area contributed by atoms with Crippen molar-refractivity contribution < 1.29 is 67.6 Å². The molecule has 3 fully saturated rings. The molecule has 1 aromatic heterocycles. The van der Waals surface area contributed by atoms with Crippen LogP contribution in [0.4, 0.5) is 0 Å². The van der Waals surface area contributed by atoms with Crippen LogP contribution in [0.5, 0.6) is 0 Å². The first-order chi connectivity index (χ1) is 31.9. The van der Waals surface area contributed by atoms with Gasteiger partial charge in [0.25, 0.3) is 0 Å². The minimum atomic E-state index is -2.04. The molecule has 4 heterocycles. The van der Waals surface area contributed by atoms with Crippen LogP contribution in [0.1, 0.15) is 107 Å². The summed E-state index contributed by atoms with van der Waals surface area (Å²) < 4.78 is 51.3. The van der Waals surface area contributed by atoms with E-state index < -0.39 is 114 Å². The van der Waals surface area contributed by atoms with E-state index in [1.54, 1.807) is 40.0 Å². The number of esters is 2. The van der Waals surface area contributed by atoms with Gasteiger partial charge in [-0.15, -0.1) is 0 Å². The Kier molecular flexibility index (Phi) is 18.8. The van der Waals surface area contributed by atoms with E-state index in [-0.39, 0.29) is 37.8 Å². The normalized spacial score (nSPS) is 40.4. The zero-order chi connectivity index (χ0) is 50.5. The van der Waals surface area contributed by atoms with Gasteiger partial charge in [0.15, 0.2) is 18.7 Å². The van der Waals surface area contributed by atoms with Gasteiger partial charge in [-0.25, -0.2) is 0 Å². The van der Waals surface area contributed by atoms with Crippen LogP contribution < -0.4 is 5.32 Å². The Morgan fingerprint density at radius 1 is 0.941 bits per heavy atom. The largest absolute Gasteiger partial charge is 0.459 e. The van der Waals surface area contributed by atoms with E-state index in [4.69, 9.17) is 37.9 Å². The SMILES string of the molecule is CC[C@@H]1OC(=O)[C@H](C)[C@H](O[C@H]2C[C@@](C)(OC)[C@@H](OC(=O)C/C=C/c3cnc4ccccc4c3)[C@H](C)O2)[C@H](C)[C@@H](O[C@@H]2O[C@H](C)C[C@H](N(C)C)[C@H]2O)[C@@](C)(OC)C[C@@H](C)NC(=O)[C@@H](C)[C@@H](O)[C@]1(C)O. The fourth-order valence-electron chi connectivity index (χ4n) is 10.3.